The van der Waals surface area contributed by atoms with Crippen molar-refractivity contribution < 1.29 is 23.5 Å². The fourth-order valence-electron chi connectivity index (χ4n) is 4.58. The van der Waals surface area contributed by atoms with E-state index in [1.165, 1.54) is 18.4 Å². The van der Waals surface area contributed by atoms with Crippen LogP contribution >= 0.6 is 0 Å². The average Bonchev–Trinajstić information content (AvgIpc) is 3.59. The molecule has 202 valence electrons. The molecular formula is C31H38N2O5. The normalized spacial score (nSPS) is 12.1. The lowest BCUT2D eigenvalue weighted by molar-refractivity contribution is -0.133. The SMILES string of the molecule is CCCCCc1ccc(C(=O)N(CC(=O)N(Cc2ccc3c(c2)OCO3)Cc2ccco2)CC(C)C)cc1. The molecule has 3 aromatic rings. The number of ether oxygens (including phenoxy) is 2. The van der Waals surface area contributed by atoms with E-state index in [0.717, 1.165) is 18.4 Å². The van der Waals surface area contributed by atoms with Gasteiger partial charge in [-0.1, -0.05) is 51.8 Å². The Morgan fingerprint density at radius 3 is 2.37 bits per heavy atom. The summed E-state index contributed by atoms with van der Waals surface area (Å²) in [5.74, 6) is 1.98. The number of carbonyl (C=O) groups is 2. The molecule has 7 heteroatoms. The summed E-state index contributed by atoms with van der Waals surface area (Å²) < 4.78 is 16.5. The molecule has 0 N–H and O–H groups in total. The van der Waals surface area contributed by atoms with Crippen LogP contribution in [0.15, 0.2) is 65.3 Å². The van der Waals surface area contributed by atoms with Gasteiger partial charge in [0, 0.05) is 18.7 Å². The van der Waals surface area contributed by atoms with Gasteiger partial charge < -0.3 is 23.7 Å². The van der Waals surface area contributed by atoms with Crippen molar-refractivity contribution in [1.82, 2.24) is 9.80 Å². The first-order chi connectivity index (χ1) is 18.4. The minimum Gasteiger partial charge on any atom is -0.467 e. The Kier molecular flexibility index (Phi) is 9.46. The van der Waals surface area contributed by atoms with E-state index in [-0.39, 0.29) is 31.1 Å². The van der Waals surface area contributed by atoms with Gasteiger partial charge in [0.15, 0.2) is 11.5 Å². The van der Waals surface area contributed by atoms with Gasteiger partial charge in [0.1, 0.15) is 12.3 Å². The van der Waals surface area contributed by atoms with Crippen LogP contribution in [-0.4, -0.2) is 41.5 Å². The molecule has 0 spiro atoms. The van der Waals surface area contributed by atoms with Crippen LogP contribution in [0.2, 0.25) is 0 Å². The fraction of sp³-hybridized carbons (Fsp3) is 0.419. The Hall–Kier alpha value is -3.74. The third-order valence-electron chi connectivity index (χ3n) is 6.56. The van der Waals surface area contributed by atoms with E-state index in [4.69, 9.17) is 13.9 Å². The van der Waals surface area contributed by atoms with Gasteiger partial charge in [0.2, 0.25) is 12.7 Å². The molecule has 7 nitrogen and oxygen atoms in total. The van der Waals surface area contributed by atoms with Crippen molar-refractivity contribution in [3.8, 4) is 11.5 Å². The molecule has 4 rings (SSSR count). The highest BCUT2D eigenvalue weighted by molar-refractivity contribution is 5.96. The van der Waals surface area contributed by atoms with Crippen LogP contribution in [0.4, 0.5) is 0 Å². The second-order valence-corrected chi connectivity index (χ2v) is 10.3. The molecule has 0 fully saturated rings. The van der Waals surface area contributed by atoms with Crippen LogP contribution in [-0.2, 0) is 24.3 Å². The topological polar surface area (TPSA) is 72.2 Å². The summed E-state index contributed by atoms with van der Waals surface area (Å²) in [4.78, 5) is 30.6. The Morgan fingerprint density at radius 1 is 0.895 bits per heavy atom. The number of hydrogen-bond donors (Lipinski definition) is 0. The number of nitrogens with zero attached hydrogens (tertiary/aromatic N) is 2. The zero-order chi connectivity index (χ0) is 26.9. The first-order valence-corrected chi connectivity index (χ1v) is 13.5. The van der Waals surface area contributed by atoms with Crippen molar-refractivity contribution in [2.24, 2.45) is 5.92 Å². The summed E-state index contributed by atoms with van der Waals surface area (Å²) in [6.45, 7) is 7.62. The van der Waals surface area contributed by atoms with Crippen LogP contribution in [0.1, 0.15) is 67.3 Å². The second kappa shape index (κ2) is 13.2. The Labute approximate surface area is 225 Å². The van der Waals surface area contributed by atoms with Gasteiger partial charge in [-0.25, -0.2) is 0 Å². The van der Waals surface area contributed by atoms with Crippen molar-refractivity contribution in [1.29, 1.82) is 0 Å². The Balaban J connectivity index is 1.49. The fourth-order valence-corrected chi connectivity index (χ4v) is 4.58. The quantitative estimate of drug-likeness (QED) is 0.257. The smallest absolute Gasteiger partial charge is 0.254 e. The van der Waals surface area contributed by atoms with Gasteiger partial charge in [-0.15, -0.1) is 0 Å². The van der Waals surface area contributed by atoms with Crippen molar-refractivity contribution in [2.45, 2.75) is 59.5 Å². The molecule has 0 saturated heterocycles. The molecule has 38 heavy (non-hydrogen) atoms. The molecule has 2 heterocycles. The number of fused-ring (bicyclic) bond motifs is 1. The predicted molar refractivity (Wildman–Crippen MR) is 146 cm³/mol. The zero-order valence-electron chi connectivity index (χ0n) is 22.7. The molecule has 0 radical (unpaired) electrons. The summed E-state index contributed by atoms with van der Waals surface area (Å²) in [6, 6.07) is 17.1. The highest BCUT2D eigenvalue weighted by Gasteiger charge is 2.25. The molecule has 1 aromatic heterocycles. The second-order valence-electron chi connectivity index (χ2n) is 10.3. The number of aryl methyl sites for hydroxylation is 1. The summed E-state index contributed by atoms with van der Waals surface area (Å²) >= 11 is 0. The van der Waals surface area contributed by atoms with E-state index < -0.39 is 0 Å². The van der Waals surface area contributed by atoms with E-state index in [0.29, 0.717) is 42.5 Å². The first kappa shape index (κ1) is 27.3. The van der Waals surface area contributed by atoms with Gasteiger partial charge in [-0.05, 0) is 66.3 Å². The van der Waals surface area contributed by atoms with Crippen molar-refractivity contribution in [3.05, 3.63) is 83.3 Å². The lowest BCUT2D eigenvalue weighted by Crippen LogP contribution is -2.43. The van der Waals surface area contributed by atoms with E-state index >= 15 is 0 Å². The van der Waals surface area contributed by atoms with Gasteiger partial charge in [-0.3, -0.25) is 9.59 Å². The maximum absolute atomic E-state index is 13.7. The predicted octanol–water partition coefficient (Wildman–Crippen LogP) is 6.07. The number of carbonyl (C=O) groups excluding carboxylic acids is 2. The van der Waals surface area contributed by atoms with Gasteiger partial charge >= 0.3 is 0 Å². The van der Waals surface area contributed by atoms with Crippen molar-refractivity contribution in [2.75, 3.05) is 19.9 Å². The highest BCUT2D eigenvalue weighted by Crippen LogP contribution is 2.33. The summed E-state index contributed by atoms with van der Waals surface area (Å²) in [5, 5.41) is 0. The van der Waals surface area contributed by atoms with Gasteiger partial charge in [0.05, 0.1) is 12.8 Å². The lowest BCUT2D eigenvalue weighted by Gasteiger charge is -2.28. The van der Waals surface area contributed by atoms with Gasteiger partial charge in [-0.2, -0.15) is 0 Å². The highest BCUT2D eigenvalue weighted by atomic mass is 16.7. The average molecular weight is 519 g/mol. The Morgan fingerprint density at radius 2 is 1.66 bits per heavy atom. The number of unbranched alkanes of at least 4 members (excludes halogenated alkanes) is 2. The molecule has 0 saturated carbocycles. The maximum atomic E-state index is 13.7. The van der Waals surface area contributed by atoms with Crippen LogP contribution in [0.25, 0.3) is 0 Å². The van der Waals surface area contributed by atoms with E-state index in [2.05, 4.69) is 20.8 Å². The molecule has 0 bridgehead atoms. The summed E-state index contributed by atoms with van der Waals surface area (Å²) in [5.41, 5.74) is 2.75. The summed E-state index contributed by atoms with van der Waals surface area (Å²) in [7, 11) is 0. The van der Waals surface area contributed by atoms with Crippen molar-refractivity contribution >= 4 is 11.8 Å². The van der Waals surface area contributed by atoms with Crippen molar-refractivity contribution in [3.63, 3.8) is 0 Å². The molecule has 1 aliphatic heterocycles. The standard InChI is InChI=1S/C31H38N2O5/c1-4-5-6-8-24-10-13-26(14-11-24)31(35)33(18-23(2)3)21-30(34)32(20-27-9-7-16-36-27)19-25-12-15-28-29(17-25)38-22-37-28/h7,9-17,23H,4-6,8,18-22H2,1-3H3. The number of benzene rings is 2. The minimum absolute atomic E-state index is 0.0134. The molecule has 0 unspecified atom stereocenters. The molecule has 2 aromatic carbocycles. The van der Waals surface area contributed by atoms with E-state index in [9.17, 15) is 9.59 Å². The number of furan rings is 1. The minimum atomic E-state index is -0.149. The van der Waals surface area contributed by atoms with Crippen LogP contribution in [0, 0.1) is 5.92 Å². The third kappa shape index (κ3) is 7.40. The molecule has 0 aliphatic carbocycles. The van der Waals surface area contributed by atoms with Crippen LogP contribution in [0.3, 0.4) is 0 Å². The number of hydrogen-bond acceptors (Lipinski definition) is 5. The number of rotatable bonds is 13. The largest absolute Gasteiger partial charge is 0.467 e. The van der Waals surface area contributed by atoms with E-state index in [1.54, 1.807) is 22.1 Å². The van der Waals surface area contributed by atoms with Crippen LogP contribution < -0.4 is 9.47 Å². The van der Waals surface area contributed by atoms with Crippen LogP contribution in [0.5, 0.6) is 11.5 Å². The zero-order valence-corrected chi connectivity index (χ0v) is 22.7. The molecule has 1 aliphatic rings. The Bertz CT molecular complexity index is 1190. The number of amides is 2. The third-order valence-corrected chi connectivity index (χ3v) is 6.56. The summed E-state index contributed by atoms with van der Waals surface area (Å²) in [6.07, 6.45) is 6.13. The first-order valence-electron chi connectivity index (χ1n) is 13.5. The maximum Gasteiger partial charge on any atom is 0.254 e. The molecule has 0 atom stereocenters. The molecule has 2 amide bonds. The van der Waals surface area contributed by atoms with Gasteiger partial charge in [0.25, 0.3) is 5.91 Å². The lowest BCUT2D eigenvalue weighted by atomic mass is 10.0. The molecular weight excluding hydrogens is 480 g/mol. The monoisotopic (exact) mass is 518 g/mol. The van der Waals surface area contributed by atoms with E-state index in [1.807, 2.05) is 48.5 Å².